The van der Waals surface area contributed by atoms with Crippen molar-refractivity contribution in [3.63, 3.8) is 0 Å². The molecule has 1 fully saturated rings. The molecule has 1 aromatic carbocycles. The lowest BCUT2D eigenvalue weighted by Crippen LogP contribution is -2.50. The van der Waals surface area contributed by atoms with Crippen molar-refractivity contribution in [2.75, 3.05) is 19.7 Å². The fraction of sp³-hybridized carbons (Fsp3) is 0.526. The summed E-state index contributed by atoms with van der Waals surface area (Å²) in [6.45, 7) is 11.3. The van der Waals surface area contributed by atoms with Crippen LogP contribution in [0.4, 0.5) is 0 Å². The number of fused-ring (bicyclic) bond motifs is 1. The first-order valence-electron chi connectivity index (χ1n) is 8.38. The van der Waals surface area contributed by atoms with Crippen LogP contribution in [0.15, 0.2) is 30.5 Å². The zero-order valence-corrected chi connectivity index (χ0v) is 14.5. The standard InChI is InChI=1S/C19H26N2O2/c1-14(2)11-21-12-16(15-7-5-6-8-17(15)21)18(22)20-9-10-23-19(3,4)13-20/h5-8,12,14H,9-11,13H2,1-4H3. The third-order valence-corrected chi connectivity index (χ3v) is 4.29. The van der Waals surface area contributed by atoms with E-state index in [1.807, 2.05) is 43.1 Å². The van der Waals surface area contributed by atoms with E-state index in [4.69, 9.17) is 4.74 Å². The number of hydrogen-bond donors (Lipinski definition) is 0. The zero-order chi connectivity index (χ0) is 16.6. The molecule has 1 aliphatic rings. The minimum atomic E-state index is -0.274. The lowest BCUT2D eigenvalue weighted by Gasteiger charge is -2.38. The normalized spacial score (nSPS) is 17.9. The first-order valence-corrected chi connectivity index (χ1v) is 8.38. The van der Waals surface area contributed by atoms with Crippen LogP contribution < -0.4 is 0 Å². The number of nitrogens with zero attached hydrogens (tertiary/aromatic N) is 2. The van der Waals surface area contributed by atoms with E-state index in [9.17, 15) is 4.79 Å². The Hall–Kier alpha value is -1.81. The number of ether oxygens (including phenoxy) is 1. The van der Waals surface area contributed by atoms with Gasteiger partial charge < -0.3 is 14.2 Å². The Morgan fingerprint density at radius 3 is 2.74 bits per heavy atom. The van der Waals surface area contributed by atoms with Crippen molar-refractivity contribution in [3.8, 4) is 0 Å². The van der Waals surface area contributed by atoms with E-state index in [1.165, 1.54) is 0 Å². The molecule has 4 nitrogen and oxygen atoms in total. The molecule has 1 aliphatic heterocycles. The van der Waals surface area contributed by atoms with Gasteiger partial charge in [-0.3, -0.25) is 4.79 Å². The number of aromatic nitrogens is 1. The van der Waals surface area contributed by atoms with E-state index in [0.717, 1.165) is 23.0 Å². The van der Waals surface area contributed by atoms with Gasteiger partial charge >= 0.3 is 0 Å². The van der Waals surface area contributed by atoms with Crippen molar-refractivity contribution in [1.29, 1.82) is 0 Å². The van der Waals surface area contributed by atoms with E-state index in [-0.39, 0.29) is 11.5 Å². The van der Waals surface area contributed by atoms with Gasteiger partial charge in [0.25, 0.3) is 5.91 Å². The second-order valence-corrected chi connectivity index (χ2v) is 7.44. The van der Waals surface area contributed by atoms with Gasteiger partial charge in [0.05, 0.1) is 17.8 Å². The Morgan fingerprint density at radius 2 is 2.04 bits per heavy atom. The van der Waals surface area contributed by atoms with Gasteiger partial charge in [-0.2, -0.15) is 0 Å². The first-order chi connectivity index (χ1) is 10.9. The molecule has 0 saturated carbocycles. The Kier molecular flexibility index (Phi) is 4.19. The summed E-state index contributed by atoms with van der Waals surface area (Å²) in [5.74, 6) is 0.649. The van der Waals surface area contributed by atoms with Gasteiger partial charge in [0.1, 0.15) is 0 Å². The number of benzene rings is 1. The molecule has 0 atom stereocenters. The minimum absolute atomic E-state index is 0.111. The summed E-state index contributed by atoms with van der Waals surface area (Å²) in [5, 5.41) is 1.04. The van der Waals surface area contributed by atoms with E-state index >= 15 is 0 Å². The van der Waals surface area contributed by atoms with Crippen LogP contribution in [0.2, 0.25) is 0 Å². The summed E-state index contributed by atoms with van der Waals surface area (Å²) in [6.07, 6.45) is 2.02. The largest absolute Gasteiger partial charge is 0.372 e. The van der Waals surface area contributed by atoms with Gasteiger partial charge in [-0.05, 0) is 25.8 Å². The zero-order valence-electron chi connectivity index (χ0n) is 14.5. The van der Waals surface area contributed by atoms with Gasteiger partial charge in [0, 0.05) is 36.7 Å². The minimum Gasteiger partial charge on any atom is -0.372 e. The molecule has 0 spiro atoms. The van der Waals surface area contributed by atoms with Crippen LogP contribution in [0.1, 0.15) is 38.1 Å². The molecule has 1 amide bonds. The van der Waals surface area contributed by atoms with Crippen LogP contribution in [-0.2, 0) is 11.3 Å². The quantitative estimate of drug-likeness (QED) is 0.868. The summed E-state index contributed by atoms with van der Waals surface area (Å²) in [4.78, 5) is 15.0. The number of amides is 1. The molecule has 0 unspecified atom stereocenters. The lowest BCUT2D eigenvalue weighted by molar-refractivity contribution is -0.0763. The van der Waals surface area contributed by atoms with Gasteiger partial charge in [0.2, 0.25) is 0 Å². The van der Waals surface area contributed by atoms with Crippen molar-refractivity contribution < 1.29 is 9.53 Å². The van der Waals surface area contributed by atoms with Gasteiger partial charge in [-0.1, -0.05) is 32.0 Å². The number of carbonyl (C=O) groups is 1. The maximum absolute atomic E-state index is 13.1. The highest BCUT2D eigenvalue weighted by molar-refractivity contribution is 6.07. The Labute approximate surface area is 138 Å². The molecule has 2 heterocycles. The summed E-state index contributed by atoms with van der Waals surface area (Å²) in [5.41, 5.74) is 1.67. The molecular formula is C19H26N2O2. The molecule has 4 heteroatoms. The third-order valence-electron chi connectivity index (χ3n) is 4.29. The molecule has 1 saturated heterocycles. The van der Waals surface area contributed by atoms with E-state index < -0.39 is 0 Å². The Balaban J connectivity index is 1.97. The van der Waals surface area contributed by atoms with Crippen molar-refractivity contribution >= 4 is 16.8 Å². The molecular weight excluding hydrogens is 288 g/mol. The van der Waals surface area contributed by atoms with E-state index in [1.54, 1.807) is 0 Å². The summed E-state index contributed by atoms with van der Waals surface area (Å²) < 4.78 is 7.93. The molecule has 0 bridgehead atoms. The smallest absolute Gasteiger partial charge is 0.256 e. The lowest BCUT2D eigenvalue weighted by atomic mass is 10.1. The Morgan fingerprint density at radius 1 is 1.30 bits per heavy atom. The van der Waals surface area contributed by atoms with Crippen LogP contribution in [0.5, 0.6) is 0 Å². The predicted octanol–water partition coefficient (Wildman–Crippen LogP) is 3.55. The van der Waals surface area contributed by atoms with E-state index in [0.29, 0.717) is 25.6 Å². The first kappa shape index (κ1) is 16.1. The van der Waals surface area contributed by atoms with Gasteiger partial charge in [0.15, 0.2) is 0 Å². The molecule has 0 radical (unpaired) electrons. The fourth-order valence-corrected chi connectivity index (χ4v) is 3.32. The van der Waals surface area contributed by atoms with Crippen LogP contribution in [-0.4, -0.2) is 40.7 Å². The average molecular weight is 314 g/mol. The third kappa shape index (κ3) is 3.27. The van der Waals surface area contributed by atoms with Crippen molar-refractivity contribution in [1.82, 2.24) is 9.47 Å². The monoisotopic (exact) mass is 314 g/mol. The summed E-state index contributed by atoms with van der Waals surface area (Å²) in [7, 11) is 0. The number of para-hydroxylation sites is 1. The predicted molar refractivity (Wildman–Crippen MR) is 92.7 cm³/mol. The molecule has 0 aliphatic carbocycles. The highest BCUT2D eigenvalue weighted by atomic mass is 16.5. The van der Waals surface area contributed by atoms with Crippen LogP contribution >= 0.6 is 0 Å². The second kappa shape index (κ2) is 6.00. The summed E-state index contributed by atoms with van der Waals surface area (Å²) >= 11 is 0. The van der Waals surface area contributed by atoms with E-state index in [2.05, 4.69) is 24.5 Å². The van der Waals surface area contributed by atoms with Crippen molar-refractivity contribution in [2.24, 2.45) is 5.92 Å². The second-order valence-electron chi connectivity index (χ2n) is 7.44. The average Bonchev–Trinajstić information content (AvgIpc) is 2.84. The molecule has 0 N–H and O–H groups in total. The molecule has 23 heavy (non-hydrogen) atoms. The topological polar surface area (TPSA) is 34.5 Å². The SMILES string of the molecule is CC(C)Cn1cc(C(=O)N2CCOC(C)(C)C2)c2ccccc21. The number of morpholine rings is 1. The van der Waals surface area contributed by atoms with Crippen LogP contribution in [0.25, 0.3) is 10.9 Å². The Bertz CT molecular complexity index is 715. The van der Waals surface area contributed by atoms with Gasteiger partial charge in [-0.15, -0.1) is 0 Å². The molecule has 2 aromatic rings. The fourth-order valence-electron chi connectivity index (χ4n) is 3.32. The number of carbonyl (C=O) groups excluding carboxylic acids is 1. The van der Waals surface area contributed by atoms with Gasteiger partial charge in [-0.25, -0.2) is 0 Å². The van der Waals surface area contributed by atoms with Crippen molar-refractivity contribution in [3.05, 3.63) is 36.0 Å². The van der Waals surface area contributed by atoms with Crippen molar-refractivity contribution in [2.45, 2.75) is 39.8 Å². The number of rotatable bonds is 3. The summed E-state index contributed by atoms with van der Waals surface area (Å²) in [6, 6.07) is 8.18. The number of hydrogen-bond acceptors (Lipinski definition) is 2. The molecule has 124 valence electrons. The molecule has 1 aromatic heterocycles. The van der Waals surface area contributed by atoms with Crippen LogP contribution in [0, 0.1) is 5.92 Å². The maximum Gasteiger partial charge on any atom is 0.256 e. The maximum atomic E-state index is 13.1. The molecule has 3 rings (SSSR count). The highest BCUT2D eigenvalue weighted by Crippen LogP contribution is 2.25. The highest BCUT2D eigenvalue weighted by Gasteiger charge is 2.31. The van der Waals surface area contributed by atoms with Crippen LogP contribution in [0.3, 0.4) is 0 Å².